The van der Waals surface area contributed by atoms with Crippen molar-refractivity contribution in [2.24, 2.45) is 0 Å². The van der Waals surface area contributed by atoms with Crippen molar-refractivity contribution in [1.29, 1.82) is 0 Å². The van der Waals surface area contributed by atoms with E-state index in [1.165, 1.54) is 24.3 Å². The van der Waals surface area contributed by atoms with Crippen LogP contribution in [0.25, 0.3) is 11.3 Å². The summed E-state index contributed by atoms with van der Waals surface area (Å²) in [6.07, 6.45) is 0. The minimum Gasteiger partial charge on any atom is -0.431 e. The number of nitrogens with zero attached hydrogens (tertiary/aromatic N) is 1. The van der Waals surface area contributed by atoms with E-state index in [4.69, 9.17) is 16.3 Å². The minimum atomic E-state index is -4.08. The number of thiazole rings is 1. The van der Waals surface area contributed by atoms with Crippen molar-refractivity contribution in [3.05, 3.63) is 90.0 Å². The number of sulfonamides is 1. The smallest absolute Gasteiger partial charge is 0.333 e. The molecule has 4 rings (SSSR count). The summed E-state index contributed by atoms with van der Waals surface area (Å²) in [6.45, 7) is 0. The number of hydrogen-bond acceptors (Lipinski definition) is 6. The number of aromatic nitrogens is 1. The summed E-state index contributed by atoms with van der Waals surface area (Å²) in [5.74, 6) is 0.585. The highest BCUT2D eigenvalue weighted by Crippen LogP contribution is 2.38. The number of nitrogens with one attached hydrogen (secondary N) is 2. The molecular weight excluding hydrogens is 470 g/mol. The van der Waals surface area contributed by atoms with E-state index in [2.05, 4.69) is 10.3 Å². The second-order valence-corrected chi connectivity index (χ2v) is 9.53. The molecule has 1 aromatic heterocycles. The molecule has 0 atom stereocenters. The lowest BCUT2D eigenvalue weighted by Gasteiger charge is -2.08. The molecule has 0 spiro atoms. The summed E-state index contributed by atoms with van der Waals surface area (Å²) in [7, 11) is -4.08. The Hall–Kier alpha value is -3.40. The van der Waals surface area contributed by atoms with Crippen LogP contribution < -0.4 is 14.8 Å². The molecule has 32 heavy (non-hydrogen) atoms. The summed E-state index contributed by atoms with van der Waals surface area (Å²) < 4.78 is 32.8. The molecular formula is C22H16ClN3O4S2. The third-order valence-corrected chi connectivity index (χ3v) is 6.63. The molecule has 0 bridgehead atoms. The minimum absolute atomic E-state index is 0.0854. The molecule has 2 N–H and O–H groups in total. The number of carbonyl (C=O) groups is 1. The van der Waals surface area contributed by atoms with Gasteiger partial charge in [-0.15, -0.1) is 0 Å². The predicted octanol–water partition coefficient (Wildman–Crippen LogP) is 5.77. The molecule has 0 aliphatic heterocycles. The fourth-order valence-corrected chi connectivity index (χ4v) is 4.62. The maximum absolute atomic E-state index is 12.5. The third kappa shape index (κ3) is 5.25. The Kier molecular flexibility index (Phi) is 6.40. The number of rotatable bonds is 6. The van der Waals surface area contributed by atoms with Gasteiger partial charge in [0.1, 0.15) is 16.4 Å². The Morgan fingerprint density at radius 2 is 1.53 bits per heavy atom. The van der Waals surface area contributed by atoms with E-state index in [1.54, 1.807) is 12.1 Å². The first-order chi connectivity index (χ1) is 15.4. The van der Waals surface area contributed by atoms with Gasteiger partial charge in [-0.2, -0.15) is 0 Å². The monoisotopic (exact) mass is 485 g/mol. The Labute approximate surface area is 193 Å². The van der Waals surface area contributed by atoms with Crippen molar-refractivity contribution in [2.75, 3.05) is 5.32 Å². The first-order valence-corrected chi connectivity index (χ1v) is 12.0. The maximum atomic E-state index is 12.5. The number of para-hydroxylation sites is 1. The highest BCUT2D eigenvalue weighted by atomic mass is 35.5. The second kappa shape index (κ2) is 9.39. The number of anilines is 1. The number of halogens is 1. The molecule has 0 saturated heterocycles. The normalized spacial score (nSPS) is 11.0. The van der Waals surface area contributed by atoms with E-state index in [0.29, 0.717) is 26.7 Å². The van der Waals surface area contributed by atoms with Crippen LogP contribution in [0.2, 0.25) is 5.02 Å². The first kappa shape index (κ1) is 21.8. The summed E-state index contributed by atoms with van der Waals surface area (Å²) in [4.78, 5) is 16.9. The molecule has 1 heterocycles. The number of carbonyl (C=O) groups excluding carboxylic acids is 1. The lowest BCUT2D eigenvalue weighted by Crippen LogP contribution is -2.34. The van der Waals surface area contributed by atoms with Crippen molar-refractivity contribution >= 4 is 44.0 Å². The van der Waals surface area contributed by atoms with Gasteiger partial charge in [-0.1, -0.05) is 71.5 Å². The van der Waals surface area contributed by atoms with Crippen LogP contribution in [0.4, 0.5) is 9.80 Å². The van der Waals surface area contributed by atoms with Crippen molar-refractivity contribution in [3.8, 4) is 22.2 Å². The lowest BCUT2D eigenvalue weighted by atomic mass is 10.2. The molecule has 3 aromatic carbocycles. The van der Waals surface area contributed by atoms with Gasteiger partial charge in [-0.3, -0.25) is 5.32 Å². The molecule has 0 aliphatic carbocycles. The van der Waals surface area contributed by atoms with E-state index in [1.807, 2.05) is 53.3 Å². The van der Waals surface area contributed by atoms with Gasteiger partial charge in [0.05, 0.1) is 4.90 Å². The topological polar surface area (TPSA) is 97.4 Å². The van der Waals surface area contributed by atoms with Gasteiger partial charge in [-0.05, 0) is 36.4 Å². The van der Waals surface area contributed by atoms with Crippen LogP contribution in [0.5, 0.6) is 10.9 Å². The van der Waals surface area contributed by atoms with Crippen molar-refractivity contribution < 1.29 is 17.9 Å². The number of ether oxygens (including phenoxy) is 1. The molecule has 7 nitrogen and oxygen atoms in total. The first-order valence-electron chi connectivity index (χ1n) is 9.29. The quantitative estimate of drug-likeness (QED) is 0.361. The van der Waals surface area contributed by atoms with Gasteiger partial charge >= 0.3 is 6.03 Å². The van der Waals surface area contributed by atoms with E-state index in [-0.39, 0.29) is 4.90 Å². The molecule has 0 saturated carbocycles. The fraction of sp³-hybridized carbons (Fsp3) is 0. The zero-order chi connectivity index (χ0) is 22.6. The van der Waals surface area contributed by atoms with Gasteiger partial charge in [0.25, 0.3) is 15.2 Å². The predicted molar refractivity (Wildman–Crippen MR) is 125 cm³/mol. The third-order valence-electron chi connectivity index (χ3n) is 4.18. The SMILES string of the molecule is O=C(Nc1sc(Oc2ccccc2)nc1-c1ccccc1)NS(=O)(=O)c1ccc(Cl)cc1. The number of urea groups is 1. The number of hydrogen-bond donors (Lipinski definition) is 2. The highest BCUT2D eigenvalue weighted by molar-refractivity contribution is 7.90. The zero-order valence-corrected chi connectivity index (χ0v) is 18.7. The molecule has 10 heteroatoms. The van der Waals surface area contributed by atoms with Gasteiger partial charge in [0.2, 0.25) is 0 Å². The molecule has 162 valence electrons. The van der Waals surface area contributed by atoms with Gasteiger partial charge in [0.15, 0.2) is 0 Å². The molecule has 0 fully saturated rings. The van der Waals surface area contributed by atoms with E-state index in [0.717, 1.165) is 16.9 Å². The second-order valence-electron chi connectivity index (χ2n) is 6.45. The summed E-state index contributed by atoms with van der Waals surface area (Å²) in [6, 6.07) is 22.8. The molecule has 2 amide bonds. The highest BCUT2D eigenvalue weighted by Gasteiger charge is 2.21. The van der Waals surface area contributed by atoms with Crippen LogP contribution in [0.15, 0.2) is 89.8 Å². The average Bonchev–Trinajstić information content (AvgIpc) is 3.16. The lowest BCUT2D eigenvalue weighted by molar-refractivity contribution is 0.256. The van der Waals surface area contributed by atoms with Gasteiger partial charge in [-0.25, -0.2) is 22.9 Å². The average molecular weight is 486 g/mol. The van der Waals surface area contributed by atoms with Crippen LogP contribution in [-0.4, -0.2) is 19.4 Å². The Morgan fingerprint density at radius 3 is 2.19 bits per heavy atom. The van der Waals surface area contributed by atoms with E-state index < -0.39 is 16.1 Å². The molecule has 0 unspecified atom stereocenters. The van der Waals surface area contributed by atoms with Crippen molar-refractivity contribution in [1.82, 2.24) is 9.71 Å². The Bertz CT molecular complexity index is 1330. The van der Waals surface area contributed by atoms with Crippen molar-refractivity contribution in [2.45, 2.75) is 4.90 Å². The summed E-state index contributed by atoms with van der Waals surface area (Å²) in [5, 5.41) is 3.59. The van der Waals surface area contributed by atoms with E-state index in [9.17, 15) is 13.2 Å². The fourth-order valence-electron chi connectivity index (χ4n) is 2.73. The largest absolute Gasteiger partial charge is 0.431 e. The standard InChI is InChI=1S/C22H16ClN3O4S2/c23-16-11-13-18(14-12-16)32(28,29)26-21(27)25-20-19(15-7-3-1-4-8-15)24-22(31-20)30-17-9-5-2-6-10-17/h1-14H,(H2,25,26,27). The Balaban J connectivity index is 1.58. The number of amides is 2. The molecule has 0 radical (unpaired) electrons. The van der Waals surface area contributed by atoms with Crippen LogP contribution >= 0.6 is 22.9 Å². The maximum Gasteiger partial charge on any atom is 0.333 e. The summed E-state index contributed by atoms with van der Waals surface area (Å²) in [5.41, 5.74) is 1.20. The van der Waals surface area contributed by atoms with Crippen molar-refractivity contribution in [3.63, 3.8) is 0 Å². The van der Waals surface area contributed by atoms with Crippen LogP contribution in [0, 0.1) is 0 Å². The Morgan fingerprint density at radius 1 is 0.906 bits per heavy atom. The zero-order valence-electron chi connectivity index (χ0n) is 16.4. The van der Waals surface area contributed by atoms with Crippen LogP contribution in [0.1, 0.15) is 0 Å². The number of benzene rings is 3. The van der Waals surface area contributed by atoms with Gasteiger partial charge < -0.3 is 4.74 Å². The summed E-state index contributed by atoms with van der Waals surface area (Å²) >= 11 is 6.88. The molecule has 0 aliphatic rings. The van der Waals surface area contributed by atoms with Crippen LogP contribution in [-0.2, 0) is 10.0 Å². The van der Waals surface area contributed by atoms with Crippen LogP contribution in [0.3, 0.4) is 0 Å². The molecule has 4 aromatic rings. The van der Waals surface area contributed by atoms with E-state index >= 15 is 0 Å². The van der Waals surface area contributed by atoms with Gasteiger partial charge in [0, 0.05) is 10.6 Å².